The lowest BCUT2D eigenvalue weighted by molar-refractivity contribution is -0.116. The molecule has 0 saturated carbocycles. The number of carbonyl (C=O) groups is 2. The first-order chi connectivity index (χ1) is 12.8. The summed E-state index contributed by atoms with van der Waals surface area (Å²) in [5.41, 5.74) is 0.694. The summed E-state index contributed by atoms with van der Waals surface area (Å²) in [5, 5.41) is 0.248. The van der Waals surface area contributed by atoms with Crippen molar-refractivity contribution in [2.75, 3.05) is 6.61 Å². The molecule has 0 atom stereocenters. The molecule has 0 bridgehead atoms. The number of hydrogen-bond donors (Lipinski definition) is 0. The van der Waals surface area contributed by atoms with Gasteiger partial charge >= 0.3 is 5.97 Å². The van der Waals surface area contributed by atoms with Gasteiger partial charge in [-0.2, -0.15) is 4.99 Å². The molecule has 0 radical (unpaired) electrons. The van der Waals surface area contributed by atoms with E-state index < -0.39 is 11.9 Å². The lowest BCUT2D eigenvalue weighted by atomic mass is 10.2. The van der Waals surface area contributed by atoms with E-state index in [0.717, 1.165) is 0 Å². The molecule has 0 fully saturated rings. The van der Waals surface area contributed by atoms with Crippen LogP contribution in [0.25, 0.3) is 16.7 Å². The minimum atomic E-state index is -0.647. The number of ether oxygens (including phenoxy) is 1. The molecular formula is C19H20N4O4. The van der Waals surface area contributed by atoms with Gasteiger partial charge in [0.15, 0.2) is 5.49 Å². The van der Waals surface area contributed by atoms with Crippen LogP contribution in [0.15, 0.2) is 40.2 Å². The molecule has 140 valence electrons. The number of esters is 1. The predicted octanol–water partition coefficient (Wildman–Crippen LogP) is 1.85. The molecule has 0 aliphatic rings. The summed E-state index contributed by atoms with van der Waals surface area (Å²) in [7, 11) is 0. The van der Waals surface area contributed by atoms with Gasteiger partial charge in [-0.25, -0.2) is 9.78 Å². The average molecular weight is 368 g/mol. The Morgan fingerprint density at radius 1 is 1.30 bits per heavy atom. The van der Waals surface area contributed by atoms with E-state index in [9.17, 15) is 14.4 Å². The molecule has 0 unspecified atom stereocenters. The minimum Gasteiger partial charge on any atom is -0.462 e. The summed E-state index contributed by atoms with van der Waals surface area (Å²) in [4.78, 5) is 45.8. The first kappa shape index (κ1) is 18.5. The zero-order valence-electron chi connectivity index (χ0n) is 15.6. The number of carbonyl (C=O) groups excluding carboxylic acids is 2. The second-order valence-corrected chi connectivity index (χ2v) is 6.28. The van der Waals surface area contributed by atoms with Crippen LogP contribution in [0.1, 0.15) is 44.1 Å². The fourth-order valence-electron chi connectivity index (χ4n) is 2.95. The van der Waals surface area contributed by atoms with Crippen LogP contribution >= 0.6 is 0 Å². The molecule has 3 rings (SSSR count). The van der Waals surface area contributed by atoms with Crippen molar-refractivity contribution in [2.24, 2.45) is 4.99 Å². The summed E-state index contributed by atoms with van der Waals surface area (Å²) in [6.07, 6.45) is 1.61. The predicted molar refractivity (Wildman–Crippen MR) is 99.5 cm³/mol. The third-order valence-corrected chi connectivity index (χ3v) is 4.01. The second-order valence-electron chi connectivity index (χ2n) is 6.28. The maximum atomic E-state index is 13.0. The van der Waals surface area contributed by atoms with Gasteiger partial charge in [-0.15, -0.1) is 0 Å². The summed E-state index contributed by atoms with van der Waals surface area (Å²) in [6, 6.07) is 6.42. The molecule has 0 N–H and O–H groups in total. The summed E-state index contributed by atoms with van der Waals surface area (Å²) < 4.78 is 8.14. The molecule has 3 aromatic heterocycles. The zero-order chi connectivity index (χ0) is 19.7. The number of rotatable bonds is 3. The van der Waals surface area contributed by atoms with E-state index in [2.05, 4.69) is 9.98 Å². The fourth-order valence-corrected chi connectivity index (χ4v) is 2.95. The molecule has 3 aromatic rings. The van der Waals surface area contributed by atoms with Gasteiger partial charge < -0.3 is 9.30 Å². The first-order valence-corrected chi connectivity index (χ1v) is 8.64. The van der Waals surface area contributed by atoms with Gasteiger partial charge in [0.05, 0.1) is 12.0 Å². The number of hydrogen-bond acceptors (Lipinski definition) is 5. The van der Waals surface area contributed by atoms with Crippen molar-refractivity contribution in [2.45, 2.75) is 33.7 Å². The molecule has 0 aliphatic carbocycles. The number of aromatic nitrogens is 3. The quantitative estimate of drug-likeness (QED) is 0.519. The standard InChI is InChI=1S/C19H20N4O4/c1-5-27-19(26)14-10-13-16(23(11(2)3)17(14)20-12(4)24)21-15-8-6-7-9-22(15)18(13)25/h6-11H,5H2,1-4H3. The Balaban J connectivity index is 2.60. The Hall–Kier alpha value is -3.29. The second kappa shape index (κ2) is 7.14. The van der Waals surface area contributed by atoms with Crippen molar-refractivity contribution in [1.29, 1.82) is 0 Å². The van der Waals surface area contributed by atoms with Crippen molar-refractivity contribution in [1.82, 2.24) is 14.0 Å². The van der Waals surface area contributed by atoms with Gasteiger partial charge in [0.1, 0.15) is 16.9 Å². The molecule has 1 amide bonds. The summed E-state index contributed by atoms with van der Waals surface area (Å²) >= 11 is 0. The molecular weight excluding hydrogens is 348 g/mol. The van der Waals surface area contributed by atoms with Gasteiger partial charge in [0.25, 0.3) is 5.56 Å². The normalized spacial score (nSPS) is 12.1. The van der Waals surface area contributed by atoms with Crippen molar-refractivity contribution in [3.63, 3.8) is 0 Å². The lowest BCUT2D eigenvalue weighted by Gasteiger charge is -2.17. The number of nitrogens with zero attached hydrogens (tertiary/aromatic N) is 4. The highest BCUT2D eigenvalue weighted by Gasteiger charge is 2.20. The maximum absolute atomic E-state index is 13.0. The number of amides is 1. The van der Waals surface area contributed by atoms with E-state index >= 15 is 0 Å². The molecule has 8 nitrogen and oxygen atoms in total. The highest BCUT2D eigenvalue weighted by Crippen LogP contribution is 2.15. The van der Waals surface area contributed by atoms with Crippen molar-refractivity contribution >= 4 is 28.6 Å². The van der Waals surface area contributed by atoms with E-state index in [4.69, 9.17) is 4.74 Å². The van der Waals surface area contributed by atoms with Crippen LogP contribution in [0.4, 0.5) is 0 Å². The Labute approximate surface area is 154 Å². The van der Waals surface area contributed by atoms with Gasteiger partial charge in [0.2, 0.25) is 5.91 Å². The largest absolute Gasteiger partial charge is 0.462 e. The summed E-state index contributed by atoms with van der Waals surface area (Å²) in [6.45, 7) is 6.87. The lowest BCUT2D eigenvalue weighted by Crippen LogP contribution is -2.33. The van der Waals surface area contributed by atoms with Crippen molar-refractivity contribution in [3.8, 4) is 0 Å². The number of pyridine rings is 2. The van der Waals surface area contributed by atoms with Crippen LogP contribution in [0.5, 0.6) is 0 Å². The van der Waals surface area contributed by atoms with Crippen LogP contribution in [-0.2, 0) is 9.53 Å². The van der Waals surface area contributed by atoms with Crippen LogP contribution in [0.2, 0.25) is 0 Å². The van der Waals surface area contributed by atoms with Crippen molar-refractivity contribution in [3.05, 3.63) is 51.9 Å². The fraction of sp³-hybridized carbons (Fsp3) is 0.316. The van der Waals surface area contributed by atoms with E-state index in [-0.39, 0.29) is 34.6 Å². The molecule has 27 heavy (non-hydrogen) atoms. The molecule has 0 spiro atoms. The molecule has 0 aromatic carbocycles. The molecule has 0 aliphatic heterocycles. The Morgan fingerprint density at radius 3 is 2.67 bits per heavy atom. The monoisotopic (exact) mass is 368 g/mol. The highest BCUT2D eigenvalue weighted by atomic mass is 16.5. The topological polar surface area (TPSA) is 95.0 Å². The van der Waals surface area contributed by atoms with Gasteiger partial charge in [-0.3, -0.25) is 14.0 Å². The SMILES string of the molecule is CCOC(=O)c1cc2c(=O)n3ccccc3nc2n(C(C)C)c1=NC(C)=O. The van der Waals surface area contributed by atoms with Crippen LogP contribution in [0.3, 0.4) is 0 Å². The maximum Gasteiger partial charge on any atom is 0.341 e. The molecule has 3 heterocycles. The highest BCUT2D eigenvalue weighted by molar-refractivity contribution is 5.93. The van der Waals surface area contributed by atoms with E-state index in [1.165, 1.54) is 17.4 Å². The van der Waals surface area contributed by atoms with Gasteiger partial charge in [-0.05, 0) is 39.0 Å². The Morgan fingerprint density at radius 2 is 2.04 bits per heavy atom. The summed E-state index contributed by atoms with van der Waals surface area (Å²) in [5.74, 6) is -1.11. The minimum absolute atomic E-state index is 0.0584. The van der Waals surface area contributed by atoms with E-state index in [0.29, 0.717) is 11.3 Å². The Kier molecular flexibility index (Phi) is 4.89. The van der Waals surface area contributed by atoms with Crippen LogP contribution in [-0.4, -0.2) is 32.4 Å². The van der Waals surface area contributed by atoms with Crippen LogP contribution < -0.4 is 11.0 Å². The smallest absolute Gasteiger partial charge is 0.341 e. The number of fused-ring (bicyclic) bond motifs is 2. The Bertz CT molecular complexity index is 1190. The van der Waals surface area contributed by atoms with E-state index in [1.54, 1.807) is 35.9 Å². The zero-order valence-corrected chi connectivity index (χ0v) is 15.6. The average Bonchev–Trinajstić information content (AvgIpc) is 2.61. The van der Waals surface area contributed by atoms with Gasteiger partial charge in [-0.1, -0.05) is 6.07 Å². The first-order valence-electron chi connectivity index (χ1n) is 8.64. The molecule has 0 saturated heterocycles. The van der Waals surface area contributed by atoms with Crippen LogP contribution in [0, 0.1) is 0 Å². The molecule has 8 heteroatoms. The van der Waals surface area contributed by atoms with E-state index in [1.807, 2.05) is 13.8 Å². The third kappa shape index (κ3) is 3.25. The van der Waals surface area contributed by atoms with Crippen molar-refractivity contribution < 1.29 is 14.3 Å². The third-order valence-electron chi connectivity index (χ3n) is 4.01. The van der Waals surface area contributed by atoms with Gasteiger partial charge in [0, 0.05) is 19.2 Å².